The van der Waals surface area contributed by atoms with Gasteiger partial charge in [-0.2, -0.15) is 13.2 Å². The van der Waals surface area contributed by atoms with Crippen LogP contribution in [0.4, 0.5) is 17.6 Å². The molecule has 34 heavy (non-hydrogen) atoms. The number of nitrogens with zero attached hydrogens (tertiary/aromatic N) is 5. The number of methoxy groups -OCH3 is 1. The minimum absolute atomic E-state index is 0.00293. The Balaban J connectivity index is 2.05. The van der Waals surface area contributed by atoms with Gasteiger partial charge in [-0.3, -0.25) is 4.99 Å². The van der Waals surface area contributed by atoms with E-state index in [9.17, 15) is 22.4 Å². The van der Waals surface area contributed by atoms with E-state index in [2.05, 4.69) is 20.1 Å². The van der Waals surface area contributed by atoms with Gasteiger partial charge in [-0.1, -0.05) is 11.6 Å². The first kappa shape index (κ1) is 23.6. The van der Waals surface area contributed by atoms with E-state index < -0.39 is 34.6 Å². The molecule has 0 spiro atoms. The first-order valence-corrected chi connectivity index (χ1v) is 10.3. The van der Waals surface area contributed by atoms with Gasteiger partial charge in [-0.25, -0.2) is 23.8 Å². The van der Waals surface area contributed by atoms with E-state index in [1.165, 1.54) is 13.2 Å². The fourth-order valence-electron chi connectivity index (χ4n) is 3.44. The first-order valence-electron chi connectivity index (χ1n) is 9.90. The number of aromatic nitrogens is 4. The van der Waals surface area contributed by atoms with Crippen LogP contribution in [0.3, 0.4) is 0 Å². The summed E-state index contributed by atoms with van der Waals surface area (Å²) in [4.78, 5) is 24.8. The SMILES string of the molecule is CCOC(=O)c1nc2n(n1)-c1ccc(C(F)(F)F)c(Cl)c1C(c1nc(OC)ccc1F)=N[C@H]2C. The van der Waals surface area contributed by atoms with Gasteiger partial charge in [0.25, 0.3) is 5.82 Å². The molecule has 13 heteroatoms. The summed E-state index contributed by atoms with van der Waals surface area (Å²) >= 11 is 6.25. The van der Waals surface area contributed by atoms with Crippen molar-refractivity contribution in [2.75, 3.05) is 13.7 Å². The summed E-state index contributed by atoms with van der Waals surface area (Å²) in [5.74, 6) is -1.86. The molecule has 1 aromatic carbocycles. The van der Waals surface area contributed by atoms with Crippen LogP contribution in [-0.2, 0) is 10.9 Å². The number of halogens is 5. The quantitative estimate of drug-likeness (QED) is 0.387. The lowest BCUT2D eigenvalue weighted by atomic mass is 10.0. The Hall–Kier alpha value is -3.54. The zero-order valence-electron chi connectivity index (χ0n) is 17.9. The van der Waals surface area contributed by atoms with Gasteiger partial charge in [0.05, 0.1) is 35.7 Å². The molecule has 3 heterocycles. The largest absolute Gasteiger partial charge is 0.481 e. The number of pyridine rings is 1. The number of hydrogen-bond donors (Lipinski definition) is 0. The number of alkyl halides is 3. The highest BCUT2D eigenvalue weighted by Gasteiger charge is 2.38. The summed E-state index contributed by atoms with van der Waals surface area (Å²) in [6.07, 6.45) is -4.81. The van der Waals surface area contributed by atoms with Crippen molar-refractivity contribution in [3.8, 4) is 11.6 Å². The number of carbonyl (C=O) groups excluding carboxylic acids is 1. The third-order valence-electron chi connectivity index (χ3n) is 4.93. The van der Waals surface area contributed by atoms with Crippen molar-refractivity contribution in [1.29, 1.82) is 0 Å². The second-order valence-electron chi connectivity index (χ2n) is 7.08. The van der Waals surface area contributed by atoms with E-state index in [-0.39, 0.29) is 46.8 Å². The average Bonchev–Trinajstić information content (AvgIpc) is 3.18. The van der Waals surface area contributed by atoms with Gasteiger partial charge in [0, 0.05) is 11.6 Å². The van der Waals surface area contributed by atoms with E-state index in [0.717, 1.165) is 22.9 Å². The fourth-order valence-corrected chi connectivity index (χ4v) is 3.80. The predicted molar refractivity (Wildman–Crippen MR) is 112 cm³/mol. The van der Waals surface area contributed by atoms with Crippen LogP contribution >= 0.6 is 11.6 Å². The molecule has 178 valence electrons. The van der Waals surface area contributed by atoms with E-state index in [4.69, 9.17) is 21.1 Å². The Morgan fingerprint density at radius 1 is 1.21 bits per heavy atom. The third kappa shape index (κ3) is 3.98. The maximum absolute atomic E-state index is 14.9. The van der Waals surface area contributed by atoms with Crippen LogP contribution in [0.15, 0.2) is 29.3 Å². The third-order valence-corrected chi connectivity index (χ3v) is 5.32. The molecule has 1 atom stereocenters. The number of hydrogen-bond acceptors (Lipinski definition) is 7. The van der Waals surface area contributed by atoms with Gasteiger partial charge in [-0.05, 0) is 32.0 Å². The van der Waals surface area contributed by atoms with Crippen LogP contribution in [0, 0.1) is 5.82 Å². The smallest absolute Gasteiger partial charge is 0.417 e. The normalized spacial score (nSPS) is 15.2. The molecule has 0 saturated heterocycles. The Morgan fingerprint density at radius 2 is 1.94 bits per heavy atom. The van der Waals surface area contributed by atoms with Crippen molar-refractivity contribution < 1.29 is 31.8 Å². The minimum Gasteiger partial charge on any atom is -0.481 e. The second kappa shape index (κ2) is 8.67. The summed E-state index contributed by atoms with van der Waals surface area (Å²) in [5, 5.41) is 3.38. The fraction of sp³-hybridized carbons (Fsp3) is 0.286. The molecule has 1 aliphatic heterocycles. The topological polar surface area (TPSA) is 91.5 Å². The van der Waals surface area contributed by atoms with Crippen molar-refractivity contribution in [3.63, 3.8) is 0 Å². The molecule has 8 nitrogen and oxygen atoms in total. The number of benzene rings is 1. The van der Waals surface area contributed by atoms with Crippen molar-refractivity contribution in [1.82, 2.24) is 19.7 Å². The molecule has 0 fully saturated rings. The number of fused-ring (bicyclic) bond motifs is 3. The molecule has 3 aromatic rings. The van der Waals surface area contributed by atoms with Crippen molar-refractivity contribution in [3.05, 3.63) is 63.6 Å². The Bertz CT molecular complexity index is 1320. The molecular weight excluding hydrogens is 482 g/mol. The van der Waals surface area contributed by atoms with E-state index in [1.54, 1.807) is 13.8 Å². The molecule has 0 unspecified atom stereocenters. The molecule has 0 N–H and O–H groups in total. The Labute approximate surface area is 195 Å². The Morgan fingerprint density at radius 3 is 2.59 bits per heavy atom. The van der Waals surface area contributed by atoms with Crippen LogP contribution in [0.2, 0.25) is 5.02 Å². The van der Waals surface area contributed by atoms with Gasteiger partial charge < -0.3 is 9.47 Å². The summed E-state index contributed by atoms with van der Waals surface area (Å²) in [5.41, 5.74) is -2.05. The molecule has 4 rings (SSSR count). The number of carbonyl (C=O) groups is 1. The number of esters is 1. The van der Waals surface area contributed by atoms with Crippen LogP contribution in [0.5, 0.6) is 5.88 Å². The standard InChI is InChI=1S/C21H16ClF4N5O3/c1-4-34-20(32)18-29-19-9(2)27-17(16-11(23)6-8-13(28-16)33-3)14-12(31(19)30-18)7-5-10(15(14)22)21(24,25)26/h5-9H,4H2,1-3H3/t9-/m0/s1. The summed E-state index contributed by atoms with van der Waals surface area (Å²) in [6, 6.07) is 3.29. The van der Waals surface area contributed by atoms with Crippen molar-refractivity contribution in [2.45, 2.75) is 26.1 Å². The summed E-state index contributed by atoms with van der Waals surface area (Å²) in [6.45, 7) is 3.22. The zero-order valence-corrected chi connectivity index (χ0v) is 18.7. The monoisotopic (exact) mass is 497 g/mol. The summed E-state index contributed by atoms with van der Waals surface area (Å²) in [7, 11) is 1.31. The van der Waals surface area contributed by atoms with Gasteiger partial charge in [0.1, 0.15) is 11.7 Å². The molecule has 0 aliphatic carbocycles. The van der Waals surface area contributed by atoms with Crippen LogP contribution in [0.25, 0.3) is 5.69 Å². The average molecular weight is 498 g/mol. The highest BCUT2D eigenvalue weighted by atomic mass is 35.5. The van der Waals surface area contributed by atoms with Crippen molar-refractivity contribution >= 4 is 23.3 Å². The summed E-state index contributed by atoms with van der Waals surface area (Å²) < 4.78 is 67.0. The lowest BCUT2D eigenvalue weighted by Crippen LogP contribution is -2.16. The van der Waals surface area contributed by atoms with Crippen LogP contribution < -0.4 is 4.74 Å². The first-order chi connectivity index (χ1) is 16.1. The Kier molecular flexibility index (Phi) is 6.02. The van der Waals surface area contributed by atoms with Gasteiger partial charge >= 0.3 is 12.1 Å². The molecule has 0 amide bonds. The maximum Gasteiger partial charge on any atom is 0.417 e. The zero-order chi connectivity index (χ0) is 24.8. The lowest BCUT2D eigenvalue weighted by Gasteiger charge is -2.17. The number of rotatable bonds is 4. The molecule has 0 bridgehead atoms. The highest BCUT2D eigenvalue weighted by Crippen LogP contribution is 2.41. The molecule has 2 aromatic heterocycles. The molecular formula is C21H16ClF4N5O3. The van der Waals surface area contributed by atoms with Crippen molar-refractivity contribution in [2.24, 2.45) is 4.99 Å². The van der Waals surface area contributed by atoms with Gasteiger partial charge in [0.2, 0.25) is 5.88 Å². The van der Waals surface area contributed by atoms with Crippen LogP contribution in [0.1, 0.15) is 53.2 Å². The highest BCUT2D eigenvalue weighted by molar-refractivity contribution is 6.37. The molecule has 1 aliphatic rings. The predicted octanol–water partition coefficient (Wildman–Crippen LogP) is 4.57. The maximum atomic E-state index is 14.9. The lowest BCUT2D eigenvalue weighted by molar-refractivity contribution is -0.137. The number of ether oxygens (including phenoxy) is 2. The number of aliphatic imine (C=N–C) groups is 1. The minimum atomic E-state index is -4.81. The second-order valence-corrected chi connectivity index (χ2v) is 7.46. The van der Waals surface area contributed by atoms with E-state index >= 15 is 0 Å². The molecule has 0 saturated carbocycles. The van der Waals surface area contributed by atoms with Gasteiger partial charge in [0.15, 0.2) is 11.6 Å². The van der Waals surface area contributed by atoms with Gasteiger partial charge in [-0.15, -0.1) is 5.10 Å². The van der Waals surface area contributed by atoms with Crippen LogP contribution in [-0.4, -0.2) is 45.1 Å². The molecule has 0 radical (unpaired) electrons. The van der Waals surface area contributed by atoms with E-state index in [0.29, 0.717) is 0 Å². The van der Waals surface area contributed by atoms with E-state index in [1.807, 2.05) is 0 Å².